The SMILES string of the molecule is CC(=O)c1ccccc1NC(=O)[C@H](C)OC(=O)c1cc(C2CC2)nn1-c1ccccc1. The maximum atomic E-state index is 12.9. The topological polar surface area (TPSA) is 90.3 Å². The second kappa shape index (κ2) is 8.55. The molecule has 1 N–H and O–H groups in total. The highest BCUT2D eigenvalue weighted by molar-refractivity contribution is 6.05. The Morgan fingerprint density at radius 2 is 1.74 bits per heavy atom. The molecule has 0 bridgehead atoms. The molecule has 0 aliphatic heterocycles. The number of nitrogens with one attached hydrogen (secondary N) is 1. The van der Waals surface area contributed by atoms with Gasteiger partial charge in [0, 0.05) is 11.5 Å². The zero-order valence-electron chi connectivity index (χ0n) is 17.4. The Bertz CT molecular complexity index is 1130. The molecule has 2 aromatic carbocycles. The summed E-state index contributed by atoms with van der Waals surface area (Å²) in [5, 5.41) is 7.26. The van der Waals surface area contributed by atoms with Crippen LogP contribution in [0.2, 0.25) is 0 Å². The maximum Gasteiger partial charge on any atom is 0.357 e. The van der Waals surface area contributed by atoms with Gasteiger partial charge in [-0.25, -0.2) is 9.48 Å². The van der Waals surface area contributed by atoms with E-state index in [1.54, 1.807) is 35.0 Å². The van der Waals surface area contributed by atoms with Gasteiger partial charge in [-0.05, 0) is 57.0 Å². The Morgan fingerprint density at radius 3 is 2.42 bits per heavy atom. The van der Waals surface area contributed by atoms with Crippen LogP contribution in [0.3, 0.4) is 0 Å². The highest BCUT2D eigenvalue weighted by atomic mass is 16.5. The predicted octanol–water partition coefficient (Wildman–Crippen LogP) is 4.14. The number of anilines is 1. The normalized spacial score (nSPS) is 14.0. The number of ether oxygens (including phenoxy) is 1. The summed E-state index contributed by atoms with van der Waals surface area (Å²) in [7, 11) is 0. The molecule has 1 atom stereocenters. The summed E-state index contributed by atoms with van der Waals surface area (Å²) in [6.07, 6.45) is 1.04. The molecule has 1 fully saturated rings. The van der Waals surface area contributed by atoms with Crippen LogP contribution in [0.25, 0.3) is 5.69 Å². The van der Waals surface area contributed by atoms with Gasteiger partial charge >= 0.3 is 5.97 Å². The molecule has 1 aliphatic rings. The molecule has 0 radical (unpaired) electrons. The monoisotopic (exact) mass is 417 g/mol. The summed E-state index contributed by atoms with van der Waals surface area (Å²) in [4.78, 5) is 37.3. The molecule has 1 aliphatic carbocycles. The standard InChI is InChI=1S/C24H23N3O4/c1-15(28)19-10-6-7-11-20(19)25-23(29)16(2)31-24(30)22-14-21(17-12-13-17)26-27(22)18-8-4-3-5-9-18/h3-11,14,16-17H,12-13H2,1-2H3,(H,25,29)/t16-/m0/s1. The van der Waals surface area contributed by atoms with Gasteiger partial charge in [0.05, 0.1) is 17.1 Å². The summed E-state index contributed by atoms with van der Waals surface area (Å²) in [6, 6.07) is 17.8. The molecule has 31 heavy (non-hydrogen) atoms. The van der Waals surface area contributed by atoms with Crippen LogP contribution in [0.15, 0.2) is 60.7 Å². The number of hydrogen-bond donors (Lipinski definition) is 1. The van der Waals surface area contributed by atoms with Gasteiger partial charge in [-0.1, -0.05) is 30.3 Å². The molecule has 0 spiro atoms. The van der Waals surface area contributed by atoms with Crippen LogP contribution >= 0.6 is 0 Å². The maximum absolute atomic E-state index is 12.9. The Morgan fingerprint density at radius 1 is 1.06 bits per heavy atom. The number of nitrogens with zero attached hydrogens (tertiary/aromatic N) is 2. The lowest BCUT2D eigenvalue weighted by Gasteiger charge is -2.15. The zero-order valence-corrected chi connectivity index (χ0v) is 17.4. The Labute approximate surface area is 180 Å². The van der Waals surface area contributed by atoms with Gasteiger partial charge < -0.3 is 10.1 Å². The lowest BCUT2D eigenvalue weighted by Crippen LogP contribution is -2.31. The smallest absolute Gasteiger partial charge is 0.357 e. The average Bonchev–Trinajstić information content (AvgIpc) is 3.52. The second-order valence-corrected chi connectivity index (χ2v) is 7.61. The Hall–Kier alpha value is -3.74. The van der Waals surface area contributed by atoms with E-state index in [1.807, 2.05) is 30.3 Å². The molecule has 1 aromatic heterocycles. The van der Waals surface area contributed by atoms with E-state index in [-0.39, 0.29) is 11.5 Å². The van der Waals surface area contributed by atoms with Crippen LogP contribution in [0.5, 0.6) is 0 Å². The van der Waals surface area contributed by atoms with Crippen LogP contribution in [-0.4, -0.2) is 33.5 Å². The Balaban J connectivity index is 1.52. The number of rotatable bonds is 7. The molecule has 7 heteroatoms. The van der Waals surface area contributed by atoms with Crippen molar-refractivity contribution < 1.29 is 19.1 Å². The second-order valence-electron chi connectivity index (χ2n) is 7.61. The molecule has 3 aromatic rings. The third kappa shape index (κ3) is 4.55. The zero-order chi connectivity index (χ0) is 22.0. The number of ketones is 1. The van der Waals surface area contributed by atoms with Crippen molar-refractivity contribution in [3.05, 3.63) is 77.6 Å². The fourth-order valence-electron chi connectivity index (χ4n) is 3.30. The molecule has 7 nitrogen and oxygen atoms in total. The van der Waals surface area contributed by atoms with Crippen LogP contribution in [0.1, 0.15) is 59.1 Å². The number of amides is 1. The van der Waals surface area contributed by atoms with Crippen molar-refractivity contribution in [1.82, 2.24) is 9.78 Å². The number of carbonyl (C=O) groups is 3. The molecule has 158 valence electrons. The minimum Gasteiger partial charge on any atom is -0.448 e. The average molecular weight is 417 g/mol. The number of benzene rings is 2. The third-order valence-corrected chi connectivity index (χ3v) is 5.15. The molecular formula is C24H23N3O4. The number of aromatic nitrogens is 2. The minimum absolute atomic E-state index is 0.167. The van der Waals surface area contributed by atoms with Crippen LogP contribution < -0.4 is 5.32 Å². The van der Waals surface area contributed by atoms with Crippen molar-refractivity contribution in [2.45, 2.75) is 38.7 Å². The van der Waals surface area contributed by atoms with Gasteiger partial charge in [0.15, 0.2) is 17.6 Å². The lowest BCUT2D eigenvalue weighted by molar-refractivity contribution is -0.123. The number of esters is 1. The molecule has 1 saturated carbocycles. The van der Waals surface area contributed by atoms with E-state index < -0.39 is 18.0 Å². The first-order valence-corrected chi connectivity index (χ1v) is 10.2. The van der Waals surface area contributed by atoms with Crippen molar-refractivity contribution in [1.29, 1.82) is 0 Å². The summed E-state index contributed by atoms with van der Waals surface area (Å²) < 4.78 is 7.01. The van der Waals surface area contributed by atoms with E-state index in [0.717, 1.165) is 24.2 Å². The van der Waals surface area contributed by atoms with Gasteiger partial charge in [0.25, 0.3) is 5.91 Å². The summed E-state index contributed by atoms with van der Waals surface area (Å²) >= 11 is 0. The van der Waals surface area contributed by atoms with Gasteiger partial charge in [0.1, 0.15) is 0 Å². The largest absolute Gasteiger partial charge is 0.448 e. The summed E-state index contributed by atoms with van der Waals surface area (Å²) in [5.41, 5.74) is 2.65. The van der Waals surface area contributed by atoms with E-state index in [4.69, 9.17) is 4.74 Å². The molecule has 0 unspecified atom stereocenters. The molecular weight excluding hydrogens is 394 g/mol. The Kier molecular flexibility index (Phi) is 5.66. The molecule has 0 saturated heterocycles. The van der Waals surface area contributed by atoms with Gasteiger partial charge in [-0.2, -0.15) is 5.10 Å². The number of para-hydroxylation sites is 2. The molecule has 4 rings (SSSR count). The van der Waals surface area contributed by atoms with E-state index in [9.17, 15) is 14.4 Å². The van der Waals surface area contributed by atoms with Crippen LogP contribution in [-0.2, 0) is 9.53 Å². The van der Waals surface area contributed by atoms with Crippen molar-refractivity contribution in [3.63, 3.8) is 0 Å². The summed E-state index contributed by atoms with van der Waals surface area (Å²) in [5.74, 6) is -0.957. The van der Waals surface area contributed by atoms with Crippen molar-refractivity contribution in [3.8, 4) is 5.69 Å². The minimum atomic E-state index is -1.06. The number of Topliss-reactive ketones (excluding diaryl/α,β-unsaturated/α-hetero) is 1. The molecule has 1 heterocycles. The van der Waals surface area contributed by atoms with Crippen LogP contribution in [0.4, 0.5) is 5.69 Å². The summed E-state index contributed by atoms with van der Waals surface area (Å²) in [6.45, 7) is 2.92. The van der Waals surface area contributed by atoms with E-state index >= 15 is 0 Å². The van der Waals surface area contributed by atoms with Crippen molar-refractivity contribution >= 4 is 23.3 Å². The highest BCUT2D eigenvalue weighted by Crippen LogP contribution is 2.39. The van der Waals surface area contributed by atoms with Crippen molar-refractivity contribution in [2.24, 2.45) is 0 Å². The van der Waals surface area contributed by atoms with E-state index in [1.165, 1.54) is 13.8 Å². The highest BCUT2D eigenvalue weighted by Gasteiger charge is 2.30. The lowest BCUT2D eigenvalue weighted by atomic mass is 10.1. The fourth-order valence-corrected chi connectivity index (χ4v) is 3.30. The van der Waals surface area contributed by atoms with Gasteiger partial charge in [-0.3, -0.25) is 9.59 Å². The fraction of sp³-hybridized carbons (Fsp3) is 0.250. The number of carbonyl (C=O) groups excluding carboxylic acids is 3. The van der Waals surface area contributed by atoms with E-state index in [0.29, 0.717) is 17.2 Å². The first-order valence-electron chi connectivity index (χ1n) is 10.2. The first-order chi connectivity index (χ1) is 14.9. The quantitative estimate of drug-likeness (QED) is 0.461. The van der Waals surface area contributed by atoms with Crippen molar-refractivity contribution in [2.75, 3.05) is 5.32 Å². The molecule has 1 amide bonds. The van der Waals surface area contributed by atoms with Gasteiger partial charge in [0.2, 0.25) is 0 Å². The first kappa shape index (κ1) is 20.5. The van der Waals surface area contributed by atoms with E-state index in [2.05, 4.69) is 10.4 Å². The predicted molar refractivity (Wildman–Crippen MR) is 115 cm³/mol. The van der Waals surface area contributed by atoms with Gasteiger partial charge in [-0.15, -0.1) is 0 Å². The third-order valence-electron chi connectivity index (χ3n) is 5.15. The number of hydrogen-bond acceptors (Lipinski definition) is 5. The van der Waals surface area contributed by atoms with Crippen LogP contribution in [0, 0.1) is 0 Å².